The lowest BCUT2D eigenvalue weighted by Gasteiger charge is -2.37. The highest BCUT2D eigenvalue weighted by atomic mass is 35.5. The predicted octanol–water partition coefficient (Wildman–Crippen LogP) is 3.89. The summed E-state index contributed by atoms with van der Waals surface area (Å²) < 4.78 is 0. The summed E-state index contributed by atoms with van der Waals surface area (Å²) in [7, 11) is 0. The molecule has 9 heteroatoms. The van der Waals surface area contributed by atoms with E-state index in [0.717, 1.165) is 50.9 Å². The fourth-order valence-electron chi connectivity index (χ4n) is 5.00. The molecular formula is C24H31ClN6O2. The first-order valence-electron chi connectivity index (χ1n) is 11.9. The number of aliphatic hydroxyl groups is 1. The van der Waals surface area contributed by atoms with Crippen LogP contribution in [0.25, 0.3) is 0 Å². The van der Waals surface area contributed by atoms with Crippen LogP contribution in [0.15, 0.2) is 30.5 Å². The van der Waals surface area contributed by atoms with Crippen LogP contribution < -0.4 is 15.1 Å². The number of nitrogens with one attached hydrogen (secondary N) is 1. The van der Waals surface area contributed by atoms with Gasteiger partial charge in [-0.15, -0.1) is 0 Å². The molecule has 0 unspecified atom stereocenters. The van der Waals surface area contributed by atoms with E-state index in [4.69, 9.17) is 16.6 Å². The van der Waals surface area contributed by atoms with Crippen molar-refractivity contribution in [1.82, 2.24) is 14.9 Å². The smallest absolute Gasteiger partial charge is 0.330 e. The molecule has 8 nitrogen and oxygen atoms in total. The normalized spacial score (nSPS) is 23.6. The molecular weight excluding hydrogens is 440 g/mol. The number of aliphatic hydroxyl groups excluding tert-OH is 1. The first-order valence-corrected chi connectivity index (χ1v) is 12.3. The third kappa shape index (κ3) is 4.93. The molecule has 1 aliphatic carbocycles. The molecule has 2 N–H and O–H groups in total. The van der Waals surface area contributed by atoms with Gasteiger partial charge in [0.1, 0.15) is 5.82 Å². The van der Waals surface area contributed by atoms with Crippen LogP contribution in [0.1, 0.15) is 44.1 Å². The maximum Gasteiger partial charge on any atom is 0.330 e. The van der Waals surface area contributed by atoms with E-state index < -0.39 is 0 Å². The fraction of sp³-hybridized carbons (Fsp3) is 0.542. The number of likely N-dealkylation sites (tertiary alicyclic amines) is 1. The third-order valence-electron chi connectivity index (χ3n) is 6.90. The zero-order valence-electron chi connectivity index (χ0n) is 18.8. The molecule has 2 aliphatic heterocycles. The summed E-state index contributed by atoms with van der Waals surface area (Å²) in [4.78, 5) is 28.9. The Morgan fingerprint density at radius 2 is 1.85 bits per heavy atom. The van der Waals surface area contributed by atoms with Gasteiger partial charge in [0.25, 0.3) is 0 Å². The van der Waals surface area contributed by atoms with Gasteiger partial charge in [0.05, 0.1) is 23.4 Å². The number of hydrogen-bond donors (Lipinski definition) is 2. The Bertz CT molecular complexity index is 991. The van der Waals surface area contributed by atoms with Crippen molar-refractivity contribution in [3.8, 4) is 0 Å². The number of aromatic nitrogens is 2. The second kappa shape index (κ2) is 9.83. The molecule has 0 bridgehead atoms. The largest absolute Gasteiger partial charge is 0.393 e. The lowest BCUT2D eigenvalue weighted by molar-refractivity contribution is 0.126. The number of fused-ring (bicyclic) bond motifs is 1. The van der Waals surface area contributed by atoms with Crippen molar-refractivity contribution in [3.63, 3.8) is 0 Å². The molecule has 0 spiro atoms. The number of carbonyl (C=O) groups is 1. The minimum absolute atomic E-state index is 0.111. The second-order valence-electron chi connectivity index (χ2n) is 9.21. The molecule has 2 fully saturated rings. The summed E-state index contributed by atoms with van der Waals surface area (Å²) in [5, 5.41) is 13.7. The summed E-state index contributed by atoms with van der Waals surface area (Å²) in [6, 6.07) is 7.56. The Kier molecular flexibility index (Phi) is 6.66. The number of nitrogens with zero attached hydrogens (tertiary/aromatic N) is 5. The van der Waals surface area contributed by atoms with Crippen molar-refractivity contribution >= 4 is 35.1 Å². The van der Waals surface area contributed by atoms with Gasteiger partial charge >= 0.3 is 6.03 Å². The van der Waals surface area contributed by atoms with Gasteiger partial charge in [-0.25, -0.2) is 9.78 Å². The molecule has 0 radical (unpaired) electrons. The first-order chi connectivity index (χ1) is 16.1. The Morgan fingerprint density at radius 1 is 1.09 bits per heavy atom. The van der Waals surface area contributed by atoms with Gasteiger partial charge < -0.3 is 15.3 Å². The Balaban J connectivity index is 1.41. The van der Waals surface area contributed by atoms with E-state index in [0.29, 0.717) is 35.6 Å². The van der Waals surface area contributed by atoms with Gasteiger partial charge in [0, 0.05) is 30.9 Å². The molecule has 1 aromatic heterocycles. The van der Waals surface area contributed by atoms with Gasteiger partial charge in [-0.1, -0.05) is 23.7 Å². The molecule has 5 rings (SSSR count). The number of halogens is 1. The van der Waals surface area contributed by atoms with Crippen molar-refractivity contribution in [1.29, 1.82) is 0 Å². The average Bonchev–Trinajstić information content (AvgIpc) is 3.34. The number of hydrogen-bond acceptors (Lipinski definition) is 6. The third-order valence-corrected chi connectivity index (χ3v) is 7.22. The maximum absolute atomic E-state index is 13.6. The molecule has 1 saturated carbocycles. The summed E-state index contributed by atoms with van der Waals surface area (Å²) in [6.45, 7) is 3.92. The lowest BCUT2D eigenvalue weighted by atomic mass is 9.93. The predicted molar refractivity (Wildman–Crippen MR) is 130 cm³/mol. The standard InChI is InChI=1S/C24H31ClN6O2/c25-20-5-1-2-6-21(20)31-16-17-15-26-23(27-18-7-9-19(32)10-8-18)28-22(17)30(24(31)33)14-13-29-11-3-4-12-29/h1-2,5-6,15,18-19,32H,3-4,7-14,16H2,(H,26,27,28). The van der Waals surface area contributed by atoms with Crippen LogP contribution in [0.5, 0.6) is 0 Å². The highest BCUT2D eigenvalue weighted by Gasteiger charge is 2.34. The topological polar surface area (TPSA) is 84.8 Å². The molecule has 1 saturated heterocycles. The van der Waals surface area contributed by atoms with Gasteiger partial charge in [-0.2, -0.15) is 4.98 Å². The van der Waals surface area contributed by atoms with E-state index in [1.165, 1.54) is 12.8 Å². The summed E-state index contributed by atoms with van der Waals surface area (Å²) in [5.41, 5.74) is 1.60. The fourth-order valence-corrected chi connectivity index (χ4v) is 5.24. The van der Waals surface area contributed by atoms with Crippen LogP contribution in [-0.4, -0.2) is 64.3 Å². The highest BCUT2D eigenvalue weighted by Crippen LogP contribution is 2.34. The number of amides is 2. The van der Waals surface area contributed by atoms with E-state index in [1.807, 2.05) is 24.4 Å². The number of rotatable bonds is 6. The Morgan fingerprint density at radius 3 is 2.61 bits per heavy atom. The van der Waals surface area contributed by atoms with Crippen LogP contribution in [0.4, 0.5) is 22.2 Å². The molecule has 2 aromatic rings. The maximum atomic E-state index is 13.6. The van der Waals surface area contributed by atoms with Crippen molar-refractivity contribution in [3.05, 3.63) is 41.0 Å². The molecule has 0 atom stereocenters. The van der Waals surface area contributed by atoms with E-state index in [-0.39, 0.29) is 18.2 Å². The van der Waals surface area contributed by atoms with Crippen molar-refractivity contribution in [2.75, 3.05) is 41.3 Å². The summed E-state index contributed by atoms with van der Waals surface area (Å²) in [6.07, 6.45) is 7.39. The number of benzene rings is 1. The molecule has 2 amide bonds. The van der Waals surface area contributed by atoms with Crippen LogP contribution in [0.3, 0.4) is 0 Å². The SMILES string of the molecule is O=C1N(c2ccccc2Cl)Cc2cnc(NC3CCC(O)CC3)nc2N1CCN1CCCC1. The van der Waals surface area contributed by atoms with Crippen LogP contribution in [-0.2, 0) is 6.54 Å². The number of carbonyl (C=O) groups excluding carboxylic acids is 1. The second-order valence-corrected chi connectivity index (χ2v) is 9.62. The zero-order valence-corrected chi connectivity index (χ0v) is 19.5. The summed E-state index contributed by atoms with van der Waals surface area (Å²) in [5.74, 6) is 1.22. The molecule has 1 aromatic carbocycles. The monoisotopic (exact) mass is 470 g/mol. The average molecular weight is 471 g/mol. The number of anilines is 3. The van der Waals surface area contributed by atoms with Crippen LogP contribution in [0.2, 0.25) is 5.02 Å². The van der Waals surface area contributed by atoms with Gasteiger partial charge in [-0.3, -0.25) is 9.80 Å². The molecule has 3 heterocycles. The minimum atomic E-state index is -0.206. The van der Waals surface area contributed by atoms with Crippen molar-refractivity contribution in [2.24, 2.45) is 0 Å². The molecule has 33 heavy (non-hydrogen) atoms. The van der Waals surface area contributed by atoms with E-state index in [2.05, 4.69) is 15.2 Å². The number of urea groups is 1. The van der Waals surface area contributed by atoms with Crippen LogP contribution in [0, 0.1) is 0 Å². The highest BCUT2D eigenvalue weighted by molar-refractivity contribution is 6.34. The quantitative estimate of drug-likeness (QED) is 0.666. The first kappa shape index (κ1) is 22.4. The minimum Gasteiger partial charge on any atom is -0.393 e. The molecule has 3 aliphatic rings. The lowest BCUT2D eigenvalue weighted by Crippen LogP contribution is -2.50. The van der Waals surface area contributed by atoms with E-state index in [9.17, 15) is 9.90 Å². The van der Waals surface area contributed by atoms with Crippen molar-refractivity contribution < 1.29 is 9.90 Å². The summed E-state index contributed by atoms with van der Waals surface area (Å²) >= 11 is 6.44. The van der Waals surface area contributed by atoms with Crippen LogP contribution >= 0.6 is 11.6 Å². The van der Waals surface area contributed by atoms with Gasteiger partial charge in [0.2, 0.25) is 5.95 Å². The Labute approximate surface area is 199 Å². The van der Waals surface area contributed by atoms with Gasteiger partial charge in [0.15, 0.2) is 0 Å². The Hall–Kier alpha value is -2.42. The van der Waals surface area contributed by atoms with Gasteiger partial charge in [-0.05, 0) is 63.7 Å². The number of para-hydroxylation sites is 1. The van der Waals surface area contributed by atoms with E-state index >= 15 is 0 Å². The zero-order chi connectivity index (χ0) is 22.8. The van der Waals surface area contributed by atoms with Crippen molar-refractivity contribution in [2.45, 2.75) is 57.2 Å². The van der Waals surface area contributed by atoms with E-state index in [1.54, 1.807) is 15.9 Å². The molecule has 176 valence electrons.